The second-order valence-electron chi connectivity index (χ2n) is 7.31. The summed E-state index contributed by atoms with van der Waals surface area (Å²) in [4.78, 5) is 38.6. The van der Waals surface area contributed by atoms with E-state index < -0.39 is 4.92 Å². The molecule has 2 amide bonds. The van der Waals surface area contributed by atoms with Gasteiger partial charge in [-0.2, -0.15) is 0 Å². The zero-order chi connectivity index (χ0) is 21.5. The number of non-ortho nitro benzene ring substituents is 1. The number of nitro benzene ring substituents is 1. The van der Waals surface area contributed by atoms with Crippen LogP contribution in [0.2, 0.25) is 0 Å². The fourth-order valence-corrected chi connectivity index (χ4v) is 3.47. The third-order valence-electron chi connectivity index (χ3n) is 5.12. The first-order valence-electron chi connectivity index (χ1n) is 10.1. The number of benzene rings is 2. The number of rotatable bonds is 7. The van der Waals surface area contributed by atoms with Crippen LogP contribution in [0, 0.1) is 10.1 Å². The van der Waals surface area contributed by atoms with E-state index in [0.717, 1.165) is 38.3 Å². The molecule has 1 saturated heterocycles. The Morgan fingerprint density at radius 3 is 2.20 bits per heavy atom. The smallest absolute Gasteiger partial charge is 0.269 e. The number of hydrogen-bond acceptors (Lipinski definition) is 5. The number of nitrogens with zero attached hydrogens (tertiary/aromatic N) is 3. The number of nitrogens with one attached hydrogen (secondary N) is 1. The molecule has 1 fully saturated rings. The summed E-state index contributed by atoms with van der Waals surface area (Å²) in [6, 6.07) is 13.6. The van der Waals surface area contributed by atoms with E-state index in [1.165, 1.54) is 12.1 Å². The Morgan fingerprint density at radius 2 is 1.63 bits per heavy atom. The maximum absolute atomic E-state index is 12.2. The average Bonchev–Trinajstić information content (AvgIpc) is 2.75. The van der Waals surface area contributed by atoms with Gasteiger partial charge in [0, 0.05) is 56.1 Å². The van der Waals surface area contributed by atoms with E-state index >= 15 is 0 Å². The molecule has 0 aromatic heterocycles. The molecule has 8 nitrogen and oxygen atoms in total. The second-order valence-corrected chi connectivity index (χ2v) is 7.31. The lowest BCUT2D eigenvalue weighted by Gasteiger charge is -2.36. The molecule has 1 N–H and O–H groups in total. The van der Waals surface area contributed by atoms with E-state index in [0.29, 0.717) is 17.7 Å². The topological polar surface area (TPSA) is 95.8 Å². The summed E-state index contributed by atoms with van der Waals surface area (Å²) < 4.78 is 0. The monoisotopic (exact) mass is 410 g/mol. The molecule has 1 aliphatic rings. The van der Waals surface area contributed by atoms with Crippen LogP contribution < -0.4 is 10.2 Å². The van der Waals surface area contributed by atoms with E-state index in [2.05, 4.69) is 10.2 Å². The van der Waals surface area contributed by atoms with Crippen molar-refractivity contribution in [1.82, 2.24) is 4.90 Å². The molecule has 8 heteroatoms. The van der Waals surface area contributed by atoms with Crippen LogP contribution in [0.25, 0.3) is 0 Å². The standard InChI is InChI=1S/C22H26N4O4/c1-2-3-22(28)25-14-12-24(13-15-25)19-10-6-18(7-11-19)23-21(27)16-17-4-8-20(9-5-17)26(29)30/h4-11H,2-3,12-16H2,1H3,(H,23,27). The largest absolute Gasteiger partial charge is 0.368 e. The van der Waals surface area contributed by atoms with Crippen LogP contribution in [0.15, 0.2) is 48.5 Å². The normalized spacial score (nSPS) is 13.8. The van der Waals surface area contributed by atoms with Crippen LogP contribution in [0.3, 0.4) is 0 Å². The van der Waals surface area contributed by atoms with E-state index in [9.17, 15) is 19.7 Å². The molecular weight excluding hydrogens is 384 g/mol. The maximum atomic E-state index is 12.2. The number of piperazine rings is 1. The Morgan fingerprint density at radius 1 is 1.00 bits per heavy atom. The van der Waals surface area contributed by atoms with Crippen LogP contribution in [0.1, 0.15) is 25.3 Å². The lowest BCUT2D eigenvalue weighted by atomic mass is 10.1. The fraction of sp³-hybridized carbons (Fsp3) is 0.364. The predicted octanol–water partition coefficient (Wildman–Crippen LogP) is 3.22. The van der Waals surface area contributed by atoms with Crippen LogP contribution in [0.5, 0.6) is 0 Å². The van der Waals surface area contributed by atoms with Crippen molar-refractivity contribution in [2.75, 3.05) is 36.4 Å². The highest BCUT2D eigenvalue weighted by Crippen LogP contribution is 2.20. The van der Waals surface area contributed by atoms with Gasteiger partial charge < -0.3 is 15.1 Å². The lowest BCUT2D eigenvalue weighted by molar-refractivity contribution is -0.384. The van der Waals surface area contributed by atoms with Gasteiger partial charge in [0.1, 0.15) is 0 Å². The maximum Gasteiger partial charge on any atom is 0.269 e. The SMILES string of the molecule is CCCC(=O)N1CCN(c2ccc(NC(=O)Cc3ccc([N+](=O)[O-])cc3)cc2)CC1. The van der Waals surface area contributed by atoms with Crippen LogP contribution in [-0.4, -0.2) is 47.8 Å². The first-order chi connectivity index (χ1) is 14.5. The summed E-state index contributed by atoms with van der Waals surface area (Å²) in [6.07, 6.45) is 1.62. The molecular formula is C22H26N4O4. The summed E-state index contributed by atoms with van der Waals surface area (Å²) in [5.74, 6) is 0.0443. The van der Waals surface area contributed by atoms with E-state index in [1.54, 1.807) is 12.1 Å². The minimum atomic E-state index is -0.464. The van der Waals surface area contributed by atoms with Gasteiger partial charge in [-0.25, -0.2) is 0 Å². The number of anilines is 2. The van der Waals surface area contributed by atoms with Crippen molar-refractivity contribution in [3.8, 4) is 0 Å². The second kappa shape index (κ2) is 9.87. The Labute approximate surface area is 175 Å². The third kappa shape index (κ3) is 5.56. The number of nitro groups is 1. The van der Waals surface area contributed by atoms with Crippen molar-refractivity contribution >= 4 is 28.9 Å². The van der Waals surface area contributed by atoms with Crippen LogP contribution in [0.4, 0.5) is 17.1 Å². The van der Waals surface area contributed by atoms with Gasteiger partial charge in [-0.15, -0.1) is 0 Å². The number of amides is 2. The van der Waals surface area contributed by atoms with Gasteiger partial charge in [-0.3, -0.25) is 19.7 Å². The molecule has 0 unspecified atom stereocenters. The number of carbonyl (C=O) groups is 2. The van der Waals surface area contributed by atoms with Crippen LogP contribution in [-0.2, 0) is 16.0 Å². The van der Waals surface area contributed by atoms with Gasteiger partial charge in [0.25, 0.3) is 5.69 Å². The van der Waals surface area contributed by atoms with Gasteiger partial charge in [0.05, 0.1) is 11.3 Å². The highest BCUT2D eigenvalue weighted by Gasteiger charge is 2.20. The summed E-state index contributed by atoms with van der Waals surface area (Å²) in [5.41, 5.74) is 2.48. The summed E-state index contributed by atoms with van der Waals surface area (Å²) in [7, 11) is 0. The molecule has 1 aliphatic heterocycles. The summed E-state index contributed by atoms with van der Waals surface area (Å²) in [5, 5.41) is 13.5. The minimum absolute atomic E-state index is 0.00492. The van der Waals surface area contributed by atoms with E-state index in [1.807, 2.05) is 36.1 Å². The molecule has 0 aliphatic carbocycles. The molecule has 2 aromatic carbocycles. The fourth-order valence-electron chi connectivity index (χ4n) is 3.47. The zero-order valence-corrected chi connectivity index (χ0v) is 17.0. The van der Waals surface area contributed by atoms with Gasteiger partial charge in [0.2, 0.25) is 11.8 Å². The molecule has 0 saturated carbocycles. The number of hydrogen-bond donors (Lipinski definition) is 1. The Hall–Kier alpha value is -3.42. The summed E-state index contributed by atoms with van der Waals surface area (Å²) in [6.45, 7) is 5.06. The van der Waals surface area contributed by atoms with Crippen LogP contribution >= 0.6 is 0 Å². The van der Waals surface area contributed by atoms with Crippen molar-refractivity contribution in [2.45, 2.75) is 26.2 Å². The summed E-state index contributed by atoms with van der Waals surface area (Å²) >= 11 is 0. The van der Waals surface area contributed by atoms with Gasteiger partial charge in [-0.05, 0) is 36.2 Å². The van der Waals surface area contributed by atoms with Crippen molar-refractivity contribution < 1.29 is 14.5 Å². The molecule has 0 atom stereocenters. The Kier molecular flexibility index (Phi) is 7.00. The highest BCUT2D eigenvalue weighted by atomic mass is 16.6. The van der Waals surface area contributed by atoms with E-state index in [4.69, 9.17) is 0 Å². The average molecular weight is 410 g/mol. The minimum Gasteiger partial charge on any atom is -0.368 e. The van der Waals surface area contributed by atoms with Crippen molar-refractivity contribution in [2.24, 2.45) is 0 Å². The van der Waals surface area contributed by atoms with Gasteiger partial charge >= 0.3 is 0 Å². The number of carbonyl (C=O) groups excluding carboxylic acids is 2. The predicted molar refractivity (Wildman–Crippen MR) is 116 cm³/mol. The molecule has 3 rings (SSSR count). The van der Waals surface area contributed by atoms with Crippen molar-refractivity contribution in [3.63, 3.8) is 0 Å². The quantitative estimate of drug-likeness (QED) is 0.558. The molecule has 1 heterocycles. The zero-order valence-electron chi connectivity index (χ0n) is 17.0. The molecule has 158 valence electrons. The highest BCUT2D eigenvalue weighted by molar-refractivity contribution is 5.92. The molecule has 0 bridgehead atoms. The van der Waals surface area contributed by atoms with Crippen molar-refractivity contribution in [1.29, 1.82) is 0 Å². The van der Waals surface area contributed by atoms with Gasteiger partial charge in [0.15, 0.2) is 0 Å². The first-order valence-corrected chi connectivity index (χ1v) is 10.1. The molecule has 0 spiro atoms. The van der Waals surface area contributed by atoms with Gasteiger partial charge in [-0.1, -0.05) is 19.1 Å². The Balaban J connectivity index is 1.50. The Bertz CT molecular complexity index is 888. The van der Waals surface area contributed by atoms with E-state index in [-0.39, 0.29) is 23.9 Å². The third-order valence-corrected chi connectivity index (χ3v) is 5.12. The van der Waals surface area contributed by atoms with Crippen molar-refractivity contribution in [3.05, 3.63) is 64.2 Å². The molecule has 30 heavy (non-hydrogen) atoms. The molecule has 0 radical (unpaired) electrons. The lowest BCUT2D eigenvalue weighted by Crippen LogP contribution is -2.48. The molecule has 2 aromatic rings. The first kappa shape index (κ1) is 21.3.